The van der Waals surface area contributed by atoms with Crippen LogP contribution in [0.15, 0.2) is 28.7 Å². The molecular formula is C10H12BrNO2. The summed E-state index contributed by atoms with van der Waals surface area (Å²) in [6, 6.07) is 7.66. The van der Waals surface area contributed by atoms with Gasteiger partial charge in [0.2, 0.25) is 0 Å². The molecule has 1 aromatic rings. The van der Waals surface area contributed by atoms with Gasteiger partial charge in [0.25, 0.3) is 0 Å². The molecule has 0 saturated carbocycles. The summed E-state index contributed by atoms with van der Waals surface area (Å²) >= 11 is 3.34. The average Bonchev–Trinajstić information content (AvgIpc) is 2.18. The highest BCUT2D eigenvalue weighted by atomic mass is 79.9. The molecule has 0 aliphatic rings. The first-order valence-corrected chi connectivity index (χ1v) is 5.06. The lowest BCUT2D eigenvalue weighted by Crippen LogP contribution is -2.20. The number of alkyl carbamates (subject to hydrolysis) is 1. The van der Waals surface area contributed by atoms with E-state index in [4.69, 9.17) is 4.74 Å². The SMILES string of the molecule is CNC(=O)OC(C)c1ccc(Br)cc1. The second-order valence-electron chi connectivity index (χ2n) is 2.85. The predicted octanol–water partition coefficient (Wildman–Crippen LogP) is 2.87. The van der Waals surface area contributed by atoms with Crippen molar-refractivity contribution >= 4 is 22.0 Å². The van der Waals surface area contributed by atoms with Crippen LogP contribution in [-0.4, -0.2) is 13.1 Å². The average molecular weight is 258 g/mol. The van der Waals surface area contributed by atoms with Crippen LogP contribution in [0.2, 0.25) is 0 Å². The fraction of sp³-hybridized carbons (Fsp3) is 0.300. The molecule has 14 heavy (non-hydrogen) atoms. The number of carbonyl (C=O) groups excluding carboxylic acids is 1. The van der Waals surface area contributed by atoms with Gasteiger partial charge in [0, 0.05) is 11.5 Å². The molecule has 3 nitrogen and oxygen atoms in total. The highest BCUT2D eigenvalue weighted by Crippen LogP contribution is 2.19. The number of benzene rings is 1. The molecule has 1 N–H and O–H groups in total. The predicted molar refractivity (Wildman–Crippen MR) is 58.1 cm³/mol. The van der Waals surface area contributed by atoms with Crippen LogP contribution in [0.1, 0.15) is 18.6 Å². The van der Waals surface area contributed by atoms with Crippen LogP contribution in [0.3, 0.4) is 0 Å². The largest absolute Gasteiger partial charge is 0.442 e. The van der Waals surface area contributed by atoms with Gasteiger partial charge < -0.3 is 10.1 Å². The third kappa shape index (κ3) is 3.03. The van der Waals surface area contributed by atoms with Crippen molar-refractivity contribution < 1.29 is 9.53 Å². The Bertz CT molecular complexity index is 310. The van der Waals surface area contributed by atoms with E-state index in [0.717, 1.165) is 10.0 Å². The molecule has 0 fully saturated rings. The Kier molecular flexibility index (Phi) is 3.95. The summed E-state index contributed by atoms with van der Waals surface area (Å²) in [4.78, 5) is 10.9. The van der Waals surface area contributed by atoms with Gasteiger partial charge in [-0.05, 0) is 24.6 Å². The molecule has 1 rings (SSSR count). The van der Waals surface area contributed by atoms with Crippen molar-refractivity contribution in [3.8, 4) is 0 Å². The Morgan fingerprint density at radius 1 is 1.43 bits per heavy atom. The molecule has 4 heteroatoms. The van der Waals surface area contributed by atoms with Gasteiger partial charge in [-0.1, -0.05) is 28.1 Å². The molecule has 1 unspecified atom stereocenters. The number of ether oxygens (including phenoxy) is 1. The summed E-state index contributed by atoms with van der Waals surface area (Å²) in [5.41, 5.74) is 0.969. The van der Waals surface area contributed by atoms with E-state index in [0.29, 0.717) is 0 Å². The maximum Gasteiger partial charge on any atom is 0.407 e. The van der Waals surface area contributed by atoms with E-state index in [-0.39, 0.29) is 6.10 Å². The Morgan fingerprint density at radius 3 is 2.50 bits per heavy atom. The molecule has 0 bridgehead atoms. The molecule has 1 atom stereocenters. The standard InChI is InChI=1S/C10H12BrNO2/c1-7(14-10(13)12-2)8-3-5-9(11)6-4-8/h3-7H,1-2H3,(H,12,13). The van der Waals surface area contributed by atoms with E-state index in [1.807, 2.05) is 31.2 Å². The van der Waals surface area contributed by atoms with Crippen LogP contribution in [0.5, 0.6) is 0 Å². The molecule has 0 aromatic heterocycles. The topological polar surface area (TPSA) is 38.3 Å². The highest BCUT2D eigenvalue weighted by molar-refractivity contribution is 9.10. The van der Waals surface area contributed by atoms with Crippen molar-refractivity contribution in [1.82, 2.24) is 5.32 Å². The van der Waals surface area contributed by atoms with Gasteiger partial charge in [-0.25, -0.2) is 4.79 Å². The first-order valence-electron chi connectivity index (χ1n) is 4.27. The number of halogens is 1. The molecule has 1 aromatic carbocycles. The lowest BCUT2D eigenvalue weighted by atomic mass is 10.1. The quantitative estimate of drug-likeness (QED) is 0.885. The molecule has 0 heterocycles. The third-order valence-corrected chi connectivity index (χ3v) is 2.36. The highest BCUT2D eigenvalue weighted by Gasteiger charge is 2.09. The first-order chi connectivity index (χ1) is 6.63. The number of hydrogen-bond acceptors (Lipinski definition) is 2. The van der Waals surface area contributed by atoms with Crippen LogP contribution in [0.4, 0.5) is 4.79 Å². The molecular weight excluding hydrogens is 246 g/mol. The minimum atomic E-state index is -0.416. The smallest absolute Gasteiger partial charge is 0.407 e. The molecule has 1 amide bonds. The zero-order valence-corrected chi connectivity index (χ0v) is 9.67. The van der Waals surface area contributed by atoms with Gasteiger partial charge >= 0.3 is 6.09 Å². The van der Waals surface area contributed by atoms with Gasteiger partial charge in [0.1, 0.15) is 6.10 Å². The normalized spacial score (nSPS) is 11.9. The third-order valence-electron chi connectivity index (χ3n) is 1.83. The second-order valence-corrected chi connectivity index (χ2v) is 3.76. The summed E-state index contributed by atoms with van der Waals surface area (Å²) in [5.74, 6) is 0. The summed E-state index contributed by atoms with van der Waals surface area (Å²) in [5, 5.41) is 2.41. The number of hydrogen-bond donors (Lipinski definition) is 1. The van der Waals surface area contributed by atoms with Gasteiger partial charge in [-0.2, -0.15) is 0 Å². The summed E-state index contributed by atoms with van der Waals surface area (Å²) in [6.07, 6.45) is -0.650. The van der Waals surface area contributed by atoms with Crippen molar-refractivity contribution in [2.75, 3.05) is 7.05 Å². The van der Waals surface area contributed by atoms with E-state index < -0.39 is 6.09 Å². The van der Waals surface area contributed by atoms with Gasteiger partial charge in [0.15, 0.2) is 0 Å². The number of nitrogens with one attached hydrogen (secondary N) is 1. The number of carbonyl (C=O) groups is 1. The van der Waals surface area contributed by atoms with Crippen molar-refractivity contribution in [2.45, 2.75) is 13.0 Å². The Labute approximate surface area is 91.6 Å². The van der Waals surface area contributed by atoms with Gasteiger partial charge in [-0.3, -0.25) is 0 Å². The second kappa shape index (κ2) is 5.00. The minimum Gasteiger partial charge on any atom is -0.442 e. The first kappa shape index (κ1) is 11.0. The zero-order chi connectivity index (χ0) is 10.6. The van der Waals surface area contributed by atoms with E-state index in [1.54, 1.807) is 0 Å². The lowest BCUT2D eigenvalue weighted by molar-refractivity contribution is 0.109. The molecule has 0 saturated heterocycles. The Hall–Kier alpha value is -1.03. The summed E-state index contributed by atoms with van der Waals surface area (Å²) in [7, 11) is 1.54. The monoisotopic (exact) mass is 257 g/mol. The van der Waals surface area contributed by atoms with E-state index in [2.05, 4.69) is 21.2 Å². The van der Waals surface area contributed by atoms with Crippen molar-refractivity contribution in [3.05, 3.63) is 34.3 Å². The maximum atomic E-state index is 10.9. The van der Waals surface area contributed by atoms with Crippen LogP contribution >= 0.6 is 15.9 Å². The molecule has 0 aliphatic heterocycles. The number of rotatable bonds is 2. The Morgan fingerprint density at radius 2 is 2.00 bits per heavy atom. The van der Waals surface area contributed by atoms with Gasteiger partial charge in [-0.15, -0.1) is 0 Å². The molecule has 76 valence electrons. The van der Waals surface area contributed by atoms with E-state index in [9.17, 15) is 4.79 Å². The molecule has 0 radical (unpaired) electrons. The zero-order valence-electron chi connectivity index (χ0n) is 8.08. The van der Waals surface area contributed by atoms with Crippen molar-refractivity contribution in [3.63, 3.8) is 0 Å². The van der Waals surface area contributed by atoms with E-state index in [1.165, 1.54) is 7.05 Å². The molecule has 0 aliphatic carbocycles. The fourth-order valence-corrected chi connectivity index (χ4v) is 1.29. The van der Waals surface area contributed by atoms with Crippen LogP contribution in [0, 0.1) is 0 Å². The van der Waals surface area contributed by atoms with Gasteiger partial charge in [0.05, 0.1) is 0 Å². The maximum absolute atomic E-state index is 10.9. The van der Waals surface area contributed by atoms with Crippen LogP contribution in [0.25, 0.3) is 0 Å². The summed E-state index contributed by atoms with van der Waals surface area (Å²) in [6.45, 7) is 1.83. The summed E-state index contributed by atoms with van der Waals surface area (Å²) < 4.78 is 6.07. The Balaban J connectivity index is 2.65. The number of amides is 1. The molecule has 0 spiro atoms. The van der Waals surface area contributed by atoms with Crippen molar-refractivity contribution in [1.29, 1.82) is 0 Å². The van der Waals surface area contributed by atoms with Crippen LogP contribution < -0.4 is 5.32 Å². The van der Waals surface area contributed by atoms with Crippen molar-refractivity contribution in [2.24, 2.45) is 0 Å². The minimum absolute atomic E-state index is 0.233. The lowest BCUT2D eigenvalue weighted by Gasteiger charge is -2.12. The van der Waals surface area contributed by atoms with Crippen LogP contribution in [-0.2, 0) is 4.74 Å². The van der Waals surface area contributed by atoms with E-state index >= 15 is 0 Å². The fourth-order valence-electron chi connectivity index (χ4n) is 1.02.